The highest BCUT2D eigenvalue weighted by molar-refractivity contribution is 6.30. The van der Waals surface area contributed by atoms with Crippen molar-refractivity contribution in [1.29, 1.82) is 0 Å². The third-order valence-corrected chi connectivity index (χ3v) is 1.97. The second-order valence-corrected chi connectivity index (χ2v) is 3.39. The van der Waals surface area contributed by atoms with Gasteiger partial charge in [0.15, 0.2) is 0 Å². The maximum Gasteiger partial charge on any atom is 0.304 e. The Morgan fingerprint density at radius 3 is 2.93 bits per heavy atom. The molecule has 0 radical (unpaired) electrons. The monoisotopic (exact) mass is 213 g/mol. The van der Waals surface area contributed by atoms with Gasteiger partial charge in [-0.3, -0.25) is 4.79 Å². The van der Waals surface area contributed by atoms with Gasteiger partial charge < -0.3 is 10.4 Å². The van der Waals surface area contributed by atoms with Gasteiger partial charge in [-0.1, -0.05) is 23.7 Å². The molecule has 0 heterocycles. The predicted molar refractivity (Wildman–Crippen MR) is 55.4 cm³/mol. The molecule has 0 fully saturated rings. The first-order valence-electron chi connectivity index (χ1n) is 4.35. The fourth-order valence-corrected chi connectivity index (χ4v) is 1.29. The number of carbonyl (C=O) groups is 1. The number of hydrogen-bond acceptors (Lipinski definition) is 2. The van der Waals surface area contributed by atoms with Gasteiger partial charge in [0.25, 0.3) is 0 Å². The summed E-state index contributed by atoms with van der Waals surface area (Å²) < 4.78 is 0. The lowest BCUT2D eigenvalue weighted by atomic mass is 10.2. The molecule has 0 aromatic heterocycles. The normalized spacial score (nSPS) is 10.1. The van der Waals surface area contributed by atoms with Crippen LogP contribution in [0.15, 0.2) is 24.3 Å². The van der Waals surface area contributed by atoms with Crippen molar-refractivity contribution in [2.24, 2.45) is 0 Å². The van der Waals surface area contributed by atoms with Crippen LogP contribution < -0.4 is 5.32 Å². The average molecular weight is 214 g/mol. The molecular weight excluding hydrogens is 202 g/mol. The molecule has 1 aromatic rings. The van der Waals surface area contributed by atoms with Crippen molar-refractivity contribution in [3.63, 3.8) is 0 Å². The van der Waals surface area contributed by atoms with E-state index < -0.39 is 5.97 Å². The molecule has 0 aliphatic rings. The molecule has 14 heavy (non-hydrogen) atoms. The lowest BCUT2D eigenvalue weighted by Gasteiger charge is -2.03. The van der Waals surface area contributed by atoms with Gasteiger partial charge >= 0.3 is 5.97 Å². The van der Waals surface area contributed by atoms with Crippen LogP contribution in [-0.4, -0.2) is 17.6 Å². The third kappa shape index (κ3) is 4.25. The summed E-state index contributed by atoms with van der Waals surface area (Å²) in [5.41, 5.74) is 1.06. The lowest BCUT2D eigenvalue weighted by Crippen LogP contribution is -2.17. The third-order valence-electron chi connectivity index (χ3n) is 1.73. The Labute approximate surface area is 87.7 Å². The summed E-state index contributed by atoms with van der Waals surface area (Å²) in [6.45, 7) is 1.12. The van der Waals surface area contributed by atoms with Crippen molar-refractivity contribution in [2.45, 2.75) is 13.0 Å². The van der Waals surface area contributed by atoms with Crippen molar-refractivity contribution in [1.82, 2.24) is 5.32 Å². The Kier molecular flexibility index (Phi) is 4.43. The molecule has 0 amide bonds. The quantitative estimate of drug-likeness (QED) is 0.735. The van der Waals surface area contributed by atoms with Gasteiger partial charge in [-0.2, -0.15) is 0 Å². The molecule has 0 saturated carbocycles. The Bertz CT molecular complexity index is 315. The van der Waals surface area contributed by atoms with E-state index in [0.717, 1.165) is 5.56 Å². The van der Waals surface area contributed by atoms with Gasteiger partial charge in [-0.05, 0) is 17.7 Å². The lowest BCUT2D eigenvalue weighted by molar-refractivity contribution is -0.136. The van der Waals surface area contributed by atoms with Crippen LogP contribution in [0, 0.1) is 0 Å². The topological polar surface area (TPSA) is 49.3 Å². The molecule has 0 atom stereocenters. The van der Waals surface area contributed by atoms with Crippen LogP contribution in [0.2, 0.25) is 5.02 Å². The molecule has 2 N–H and O–H groups in total. The Hall–Kier alpha value is -1.06. The van der Waals surface area contributed by atoms with E-state index in [-0.39, 0.29) is 6.42 Å². The van der Waals surface area contributed by atoms with Crippen LogP contribution in [-0.2, 0) is 11.3 Å². The van der Waals surface area contributed by atoms with Crippen LogP contribution >= 0.6 is 11.6 Å². The minimum atomic E-state index is -0.788. The van der Waals surface area contributed by atoms with Gasteiger partial charge in [-0.25, -0.2) is 0 Å². The molecular formula is C10H12ClNO2. The molecule has 1 aromatic carbocycles. The zero-order chi connectivity index (χ0) is 10.4. The molecule has 3 nitrogen and oxygen atoms in total. The summed E-state index contributed by atoms with van der Waals surface area (Å²) >= 11 is 5.79. The van der Waals surface area contributed by atoms with Crippen LogP contribution in [0.3, 0.4) is 0 Å². The van der Waals surface area contributed by atoms with Gasteiger partial charge in [0.1, 0.15) is 0 Å². The van der Waals surface area contributed by atoms with E-state index in [1.54, 1.807) is 0 Å². The molecule has 0 aliphatic heterocycles. The van der Waals surface area contributed by atoms with E-state index in [1.165, 1.54) is 0 Å². The summed E-state index contributed by atoms with van der Waals surface area (Å²) in [6.07, 6.45) is 0.139. The summed E-state index contributed by atoms with van der Waals surface area (Å²) in [5, 5.41) is 12.1. The molecule has 76 valence electrons. The second kappa shape index (κ2) is 5.62. The number of benzene rings is 1. The minimum absolute atomic E-state index is 0.139. The number of halogens is 1. The van der Waals surface area contributed by atoms with Crippen molar-refractivity contribution in [2.75, 3.05) is 6.54 Å². The van der Waals surface area contributed by atoms with Crippen LogP contribution in [0.4, 0.5) is 0 Å². The van der Waals surface area contributed by atoms with Gasteiger partial charge in [-0.15, -0.1) is 0 Å². The van der Waals surface area contributed by atoms with E-state index >= 15 is 0 Å². The maximum atomic E-state index is 10.2. The number of carboxylic acids is 1. The fraction of sp³-hybridized carbons (Fsp3) is 0.300. The minimum Gasteiger partial charge on any atom is -0.481 e. The van der Waals surface area contributed by atoms with Gasteiger partial charge in [0, 0.05) is 18.1 Å². The van der Waals surface area contributed by atoms with Crippen molar-refractivity contribution in [3.05, 3.63) is 34.9 Å². The smallest absolute Gasteiger partial charge is 0.304 e. The van der Waals surface area contributed by atoms with Crippen LogP contribution in [0.1, 0.15) is 12.0 Å². The first kappa shape index (κ1) is 11.0. The van der Waals surface area contributed by atoms with Crippen molar-refractivity contribution in [3.8, 4) is 0 Å². The summed E-state index contributed by atoms with van der Waals surface area (Å²) in [4.78, 5) is 10.2. The highest BCUT2D eigenvalue weighted by Crippen LogP contribution is 2.09. The number of hydrogen-bond donors (Lipinski definition) is 2. The van der Waals surface area contributed by atoms with E-state index in [9.17, 15) is 4.79 Å². The second-order valence-electron chi connectivity index (χ2n) is 2.95. The van der Waals surface area contributed by atoms with E-state index in [2.05, 4.69) is 5.32 Å². The zero-order valence-corrected chi connectivity index (χ0v) is 8.42. The van der Waals surface area contributed by atoms with Crippen LogP contribution in [0.25, 0.3) is 0 Å². The number of rotatable bonds is 5. The highest BCUT2D eigenvalue weighted by Gasteiger charge is 1.96. The maximum absolute atomic E-state index is 10.2. The zero-order valence-electron chi connectivity index (χ0n) is 7.66. The molecule has 1 rings (SSSR count). The molecule has 0 unspecified atom stereocenters. The largest absolute Gasteiger partial charge is 0.481 e. The summed E-state index contributed by atoms with van der Waals surface area (Å²) in [7, 11) is 0. The molecule has 0 aliphatic carbocycles. The summed E-state index contributed by atoms with van der Waals surface area (Å²) in [6, 6.07) is 7.48. The van der Waals surface area contributed by atoms with Crippen LogP contribution in [0.5, 0.6) is 0 Å². The van der Waals surface area contributed by atoms with Gasteiger partial charge in [0.2, 0.25) is 0 Å². The Morgan fingerprint density at radius 1 is 1.50 bits per heavy atom. The first-order valence-corrected chi connectivity index (χ1v) is 4.73. The van der Waals surface area contributed by atoms with E-state index in [4.69, 9.17) is 16.7 Å². The molecule has 0 saturated heterocycles. The van der Waals surface area contributed by atoms with E-state index in [1.807, 2.05) is 24.3 Å². The molecule has 0 spiro atoms. The fourth-order valence-electron chi connectivity index (χ4n) is 1.07. The molecule has 4 heteroatoms. The van der Waals surface area contributed by atoms with Crippen molar-refractivity contribution >= 4 is 17.6 Å². The first-order chi connectivity index (χ1) is 6.68. The van der Waals surface area contributed by atoms with E-state index in [0.29, 0.717) is 18.1 Å². The van der Waals surface area contributed by atoms with Crippen molar-refractivity contribution < 1.29 is 9.90 Å². The standard InChI is InChI=1S/C10H12ClNO2/c11-9-3-1-2-8(6-9)7-12-5-4-10(13)14/h1-3,6,12H,4-5,7H2,(H,13,14). The number of nitrogens with one attached hydrogen (secondary N) is 1. The van der Waals surface area contributed by atoms with Gasteiger partial charge in [0.05, 0.1) is 6.42 Å². The SMILES string of the molecule is O=C(O)CCNCc1cccc(Cl)c1. The Morgan fingerprint density at radius 2 is 2.29 bits per heavy atom. The summed E-state index contributed by atoms with van der Waals surface area (Å²) in [5.74, 6) is -0.788. The average Bonchev–Trinajstić information content (AvgIpc) is 2.12. The number of aliphatic carboxylic acids is 1. The number of carboxylic acid groups (broad SMARTS) is 1. The predicted octanol–water partition coefficient (Wildman–Crippen LogP) is 1.90. The Balaban J connectivity index is 2.28. The molecule has 0 bridgehead atoms. The highest BCUT2D eigenvalue weighted by atomic mass is 35.5.